The van der Waals surface area contributed by atoms with Crippen LogP contribution in [0.4, 0.5) is 0 Å². The number of benzene rings is 1. The first-order chi connectivity index (χ1) is 38.1. The van der Waals surface area contributed by atoms with Crippen molar-refractivity contribution >= 4 is 81.2 Å². The van der Waals surface area contributed by atoms with E-state index < -0.39 is 59.4 Å². The van der Waals surface area contributed by atoms with E-state index in [1.807, 2.05) is 102 Å². The van der Waals surface area contributed by atoms with E-state index >= 15 is 0 Å². The van der Waals surface area contributed by atoms with Crippen LogP contribution in [0, 0.1) is 33.1 Å². The minimum atomic E-state index is -1.11. The number of esters is 1. The van der Waals surface area contributed by atoms with Gasteiger partial charge in [0.05, 0.1) is 53.0 Å². The lowest BCUT2D eigenvalue weighted by Crippen LogP contribution is -2.58. The summed E-state index contributed by atoms with van der Waals surface area (Å²) in [6.07, 6.45) is 8.98. The smallest absolute Gasteiger partial charge is 0.307 e. The molecule has 0 bridgehead atoms. The van der Waals surface area contributed by atoms with E-state index in [4.69, 9.17) is 36.2 Å². The second kappa shape index (κ2) is 24.0. The molecule has 0 radical (unpaired) electrons. The first kappa shape index (κ1) is 57.7. The van der Waals surface area contributed by atoms with Crippen LogP contribution in [-0.2, 0) is 35.1 Å². The first-order valence-corrected chi connectivity index (χ1v) is 29.1. The Kier molecular flexibility index (Phi) is 17.3. The fourth-order valence-corrected chi connectivity index (χ4v) is 12.7. The molecule has 1 saturated carbocycles. The van der Waals surface area contributed by atoms with Gasteiger partial charge in [0.15, 0.2) is 11.6 Å². The van der Waals surface area contributed by atoms with Crippen molar-refractivity contribution < 1.29 is 37.9 Å². The Bertz CT molecular complexity index is 3350. The number of ether oxygens (including phenoxy) is 2. The number of thiazole rings is 1. The molecule has 2 fully saturated rings. The normalized spacial score (nSPS) is 20.5. The molecule has 80 heavy (non-hydrogen) atoms. The van der Waals surface area contributed by atoms with E-state index in [9.17, 15) is 24.0 Å². The van der Waals surface area contributed by atoms with Gasteiger partial charge in [-0.05, 0) is 87.9 Å². The van der Waals surface area contributed by atoms with Gasteiger partial charge in [-0.3, -0.25) is 33.5 Å². The second-order valence-electron chi connectivity index (χ2n) is 22.0. The number of carbonyl (C=O) groups excluding carboxylic acids is 5. The maximum atomic E-state index is 14.8. The van der Waals surface area contributed by atoms with Gasteiger partial charge in [-0.1, -0.05) is 69.3 Å². The predicted molar refractivity (Wildman–Crippen MR) is 310 cm³/mol. The molecule has 21 heteroatoms. The molecule has 4 aromatic heterocycles. The van der Waals surface area contributed by atoms with Gasteiger partial charge in [-0.2, -0.15) is 0 Å². The standard InChI is InChI=1S/C59H69ClN10O8S2/c1-11-36(13-12-30(2)52-33(5)62-29-79-52)32(4)63-55(73)45-26-43(77-49(72)20-21-61)28-69(45)57(75)53(59(8,9)10)66-56(74)47-23-38-22-41(18-19-46(38)78-47)76-42-24-40(25-42)64-48(71)27-44-54-68-67-35(7)70(54)58-50(31(3)34(6)80-58)51(65-44)37-14-16-39(60)17-15-37/h11-17,22-23,29,32,40,42-45,53H,2,18-21,24-28,61H2,1,3-10H3,(H,63,73)(H,64,71)(H,66,74)/b13-12-,36-11+/t32-,40?,42?,43+,44-,45-,53?/m0/s1. The van der Waals surface area contributed by atoms with Crippen LogP contribution in [0.1, 0.15) is 145 Å². The van der Waals surface area contributed by atoms with Crippen molar-refractivity contribution in [1.29, 1.82) is 0 Å². The number of allylic oxidation sites excluding steroid dienone is 4. The molecule has 18 nitrogen and oxygen atoms in total. The topological polar surface area (TPSA) is 238 Å². The number of aromatic nitrogens is 4. The molecule has 422 valence electrons. The van der Waals surface area contributed by atoms with Crippen LogP contribution in [0.3, 0.4) is 0 Å². The Morgan fingerprint density at radius 3 is 2.45 bits per heavy atom. The zero-order valence-corrected chi connectivity index (χ0v) is 49.0. The molecule has 5 N–H and O–H groups in total. The van der Waals surface area contributed by atoms with Gasteiger partial charge in [0.25, 0.3) is 5.91 Å². The van der Waals surface area contributed by atoms with Crippen molar-refractivity contribution in [2.45, 2.75) is 150 Å². The SMILES string of the molecule is C=C(/C=C\C(=C/C)[C@H](C)NC(=O)[C@@H]1C[C@@H](OC(=O)CCN)CN1C(=O)C(NC(=O)c1cc2c(o1)CCC(OC1CC(NC(=O)C[C@@H]3N=C(c4ccc(Cl)cc4)c4c(sc(C)c4C)-n4c(C)nnc43)C1)=C2)C(C)(C)C)c1scnc1C. The van der Waals surface area contributed by atoms with Gasteiger partial charge >= 0.3 is 5.97 Å². The molecule has 1 saturated heterocycles. The minimum absolute atomic E-state index is 0.0188. The molecule has 1 aromatic carbocycles. The molecule has 6 heterocycles. The van der Waals surface area contributed by atoms with Gasteiger partial charge in [0.2, 0.25) is 17.7 Å². The molecule has 0 spiro atoms. The molecule has 2 aliphatic carbocycles. The number of furan rings is 1. The summed E-state index contributed by atoms with van der Waals surface area (Å²) in [5.41, 5.74) is 13.5. The number of amides is 4. The first-order valence-electron chi connectivity index (χ1n) is 27.0. The maximum Gasteiger partial charge on any atom is 0.307 e. The molecule has 4 aliphatic rings. The zero-order chi connectivity index (χ0) is 57.3. The van der Waals surface area contributed by atoms with Gasteiger partial charge in [0, 0.05) is 71.3 Å². The number of nitrogens with zero attached hydrogens (tertiary/aromatic N) is 6. The number of carbonyl (C=O) groups is 5. The van der Waals surface area contributed by atoms with Gasteiger partial charge in [0.1, 0.15) is 46.9 Å². The summed E-state index contributed by atoms with van der Waals surface area (Å²) < 4.78 is 20.3. The number of aryl methyl sites for hydroxylation is 4. The van der Waals surface area contributed by atoms with Crippen LogP contribution in [0.2, 0.25) is 5.02 Å². The highest BCUT2D eigenvalue weighted by atomic mass is 35.5. The Balaban J connectivity index is 0.824. The molecular weight excluding hydrogens is 1080 g/mol. The third kappa shape index (κ3) is 12.5. The summed E-state index contributed by atoms with van der Waals surface area (Å²) in [6.45, 7) is 21.4. The van der Waals surface area contributed by atoms with Crippen molar-refractivity contribution in [1.82, 2.24) is 40.6 Å². The molecule has 2 aliphatic heterocycles. The number of thiophene rings is 1. The maximum absolute atomic E-state index is 14.8. The van der Waals surface area contributed by atoms with E-state index in [2.05, 4.69) is 51.6 Å². The highest BCUT2D eigenvalue weighted by Gasteiger charge is 2.47. The number of aliphatic imine (C=N–C) groups is 1. The van der Waals surface area contributed by atoms with Crippen LogP contribution >= 0.6 is 34.3 Å². The molecule has 5 atom stereocenters. The molecule has 5 aromatic rings. The summed E-state index contributed by atoms with van der Waals surface area (Å²) in [7, 11) is 0. The average Bonchev–Trinajstić information content (AvgIpc) is 4.25. The molecule has 1 unspecified atom stereocenters. The fourth-order valence-electron chi connectivity index (χ4n) is 10.6. The lowest BCUT2D eigenvalue weighted by molar-refractivity contribution is -0.149. The highest BCUT2D eigenvalue weighted by Crippen LogP contribution is 2.40. The third-order valence-electron chi connectivity index (χ3n) is 15.1. The molecule has 4 amide bonds. The summed E-state index contributed by atoms with van der Waals surface area (Å²) in [5, 5.41) is 19.7. The number of hydrogen-bond acceptors (Lipinski definition) is 15. The van der Waals surface area contributed by atoms with Gasteiger partial charge < -0.3 is 40.5 Å². The quantitative estimate of drug-likeness (QED) is 0.0475. The largest absolute Gasteiger partial charge is 0.495 e. The van der Waals surface area contributed by atoms with E-state index in [1.165, 1.54) is 16.2 Å². The lowest BCUT2D eigenvalue weighted by atomic mass is 9.85. The van der Waals surface area contributed by atoms with Crippen LogP contribution in [0.15, 0.2) is 81.4 Å². The van der Waals surface area contributed by atoms with Crippen molar-refractivity contribution in [2.24, 2.45) is 16.1 Å². The summed E-state index contributed by atoms with van der Waals surface area (Å²) in [6, 6.07) is 5.95. The highest BCUT2D eigenvalue weighted by molar-refractivity contribution is 7.15. The van der Waals surface area contributed by atoms with Gasteiger partial charge in [-0.25, -0.2) is 4.98 Å². The van der Waals surface area contributed by atoms with Crippen LogP contribution in [0.25, 0.3) is 16.7 Å². The summed E-state index contributed by atoms with van der Waals surface area (Å²) in [4.78, 5) is 82.7. The Morgan fingerprint density at radius 1 is 1.01 bits per heavy atom. The number of likely N-dealkylation sites (tertiary alicyclic amines) is 1. The lowest BCUT2D eigenvalue weighted by Gasteiger charge is -2.37. The summed E-state index contributed by atoms with van der Waals surface area (Å²) >= 11 is 9.45. The Labute approximate surface area is 479 Å². The van der Waals surface area contributed by atoms with Crippen LogP contribution in [0.5, 0.6) is 0 Å². The van der Waals surface area contributed by atoms with E-state index in [0.29, 0.717) is 47.9 Å². The average molecular weight is 1150 g/mol. The van der Waals surface area contributed by atoms with E-state index in [1.54, 1.807) is 22.9 Å². The number of hydrogen-bond donors (Lipinski definition) is 4. The fraction of sp³-hybridized carbons (Fsp3) is 0.441. The van der Waals surface area contributed by atoms with Gasteiger partial charge in [-0.15, -0.1) is 32.9 Å². The van der Waals surface area contributed by atoms with Crippen LogP contribution in [-0.4, -0.2) is 109 Å². The Morgan fingerprint density at radius 2 is 1.76 bits per heavy atom. The Hall–Kier alpha value is -7.00. The molecule has 9 rings (SSSR count). The number of nitrogens with one attached hydrogen (secondary N) is 3. The number of nitrogens with two attached hydrogens (primary N) is 1. The van der Waals surface area contributed by atoms with Crippen molar-refractivity contribution in [3.05, 3.63) is 138 Å². The monoisotopic (exact) mass is 1140 g/mol. The second-order valence-corrected chi connectivity index (χ2v) is 24.5. The predicted octanol–water partition coefficient (Wildman–Crippen LogP) is 8.93. The molecular formula is C59H69ClN10O8S2. The number of halogens is 1. The number of fused-ring (bicyclic) bond motifs is 4. The van der Waals surface area contributed by atoms with Crippen molar-refractivity contribution in [3.63, 3.8) is 0 Å². The summed E-state index contributed by atoms with van der Waals surface area (Å²) in [5.74, 6) is 0.461. The van der Waals surface area contributed by atoms with E-state index in [0.717, 1.165) is 65.6 Å². The third-order valence-corrected chi connectivity index (χ3v) is 17.5. The van der Waals surface area contributed by atoms with Crippen molar-refractivity contribution in [3.8, 4) is 5.00 Å². The van der Waals surface area contributed by atoms with Crippen molar-refractivity contribution in [2.75, 3.05) is 13.1 Å². The zero-order valence-electron chi connectivity index (χ0n) is 46.6. The number of rotatable bonds is 18. The minimum Gasteiger partial charge on any atom is -0.495 e. The van der Waals surface area contributed by atoms with E-state index in [-0.39, 0.29) is 56.2 Å². The van der Waals surface area contributed by atoms with Crippen LogP contribution < -0.4 is 21.7 Å².